The number of nitrogens with two attached hydrogens (primary N) is 1. The van der Waals surface area contributed by atoms with E-state index in [1.165, 1.54) is 47.1 Å². The number of fused-ring (bicyclic) bond motifs is 1. The van der Waals surface area contributed by atoms with Gasteiger partial charge in [-0.25, -0.2) is 18.8 Å². The lowest BCUT2D eigenvalue weighted by Gasteiger charge is -2.04. The van der Waals surface area contributed by atoms with Gasteiger partial charge in [-0.3, -0.25) is 20.2 Å². The van der Waals surface area contributed by atoms with Gasteiger partial charge in [-0.2, -0.15) is 17.0 Å². The third kappa shape index (κ3) is 12.6. The highest BCUT2D eigenvalue weighted by Crippen LogP contribution is 2.35. The van der Waals surface area contributed by atoms with Crippen molar-refractivity contribution in [1.82, 2.24) is 4.37 Å². The van der Waals surface area contributed by atoms with Crippen molar-refractivity contribution in [3.8, 4) is 0 Å². The molecule has 0 fully saturated rings. The summed E-state index contributed by atoms with van der Waals surface area (Å²) in [5, 5.41) is 21.9. The maximum absolute atomic E-state index is 12.7. The first-order chi connectivity index (χ1) is 24.6. The quantitative estimate of drug-likeness (QED) is 0.0313. The topological polar surface area (TPSA) is 146 Å². The molecule has 6 rings (SSSR count). The fourth-order valence-corrected chi connectivity index (χ4v) is 6.07. The molecule has 1 aromatic heterocycles. The van der Waals surface area contributed by atoms with Crippen molar-refractivity contribution < 1.29 is 14.2 Å². The van der Waals surface area contributed by atoms with E-state index >= 15 is 0 Å². The smallest absolute Gasteiger partial charge is 0.269 e. The van der Waals surface area contributed by atoms with E-state index in [1.807, 2.05) is 66.7 Å². The van der Waals surface area contributed by atoms with E-state index in [1.54, 1.807) is 0 Å². The maximum Gasteiger partial charge on any atom is 0.269 e. The van der Waals surface area contributed by atoms with Crippen molar-refractivity contribution >= 4 is 89.3 Å². The summed E-state index contributed by atoms with van der Waals surface area (Å²) in [5.41, 5.74) is 8.67. The molecule has 16 heteroatoms. The van der Waals surface area contributed by atoms with Gasteiger partial charge >= 0.3 is 0 Å². The minimum absolute atomic E-state index is 0.0166. The van der Waals surface area contributed by atoms with Crippen LogP contribution < -0.4 is 5.73 Å². The summed E-state index contributed by atoms with van der Waals surface area (Å²) >= 11 is 6.95. The van der Waals surface area contributed by atoms with Gasteiger partial charge in [-0.15, -0.1) is 11.8 Å². The van der Waals surface area contributed by atoms with Crippen LogP contribution in [0.1, 0.15) is 11.1 Å². The fourth-order valence-electron chi connectivity index (χ4n) is 3.86. The summed E-state index contributed by atoms with van der Waals surface area (Å²) in [4.78, 5) is 26.6. The van der Waals surface area contributed by atoms with E-state index in [0.717, 1.165) is 45.3 Å². The molecule has 0 atom stereocenters. The van der Waals surface area contributed by atoms with Gasteiger partial charge in [0.1, 0.15) is 5.82 Å². The molecule has 0 aliphatic rings. The molecule has 51 heavy (non-hydrogen) atoms. The van der Waals surface area contributed by atoms with Crippen molar-refractivity contribution in [2.75, 3.05) is 5.73 Å². The van der Waals surface area contributed by atoms with E-state index in [2.05, 4.69) is 52.6 Å². The van der Waals surface area contributed by atoms with Crippen LogP contribution in [0.5, 0.6) is 0 Å². The van der Waals surface area contributed by atoms with E-state index in [9.17, 15) is 24.6 Å². The van der Waals surface area contributed by atoms with Crippen LogP contribution >= 0.6 is 45.0 Å². The number of nitro groups is 2. The molecule has 0 aliphatic carbocycles. The van der Waals surface area contributed by atoms with Crippen LogP contribution in [0, 0.1) is 39.2 Å². The zero-order valence-corrected chi connectivity index (χ0v) is 29.9. The van der Waals surface area contributed by atoms with Crippen LogP contribution in [-0.4, -0.2) is 14.2 Å². The number of hydrogen-bond acceptors (Lipinski definition) is 10. The zero-order valence-electron chi connectivity index (χ0n) is 26.4. The monoisotopic (exact) mass is 755 g/mol. The predicted octanol–water partition coefficient (Wildman–Crippen LogP) is 11.7. The SMILES string of the molecule is Nc1ccc2c(N=P)nsc2c1.SCc1ccccc1.[C-]#[N+]c1ccc([N+](=O)[O-])cc1F.[C-]#[N+]c1ccc([N+](=O)[O-])cc1SCc1ccccc1. The second kappa shape index (κ2) is 20.7. The van der Waals surface area contributed by atoms with Gasteiger partial charge in [-0.1, -0.05) is 60.7 Å². The number of nitrogens with zero attached hydrogens (tertiary/aromatic N) is 6. The molecule has 11 nitrogen and oxygen atoms in total. The number of rotatable bonds is 7. The van der Waals surface area contributed by atoms with Crippen LogP contribution in [0.2, 0.25) is 0 Å². The van der Waals surface area contributed by atoms with E-state index in [-0.39, 0.29) is 17.1 Å². The number of thiol groups is 1. The first-order valence-electron chi connectivity index (χ1n) is 14.4. The second-order valence-corrected chi connectivity index (χ2v) is 12.2. The van der Waals surface area contributed by atoms with E-state index in [0.29, 0.717) is 22.2 Å². The number of anilines is 1. The van der Waals surface area contributed by atoms with Gasteiger partial charge in [0.2, 0.25) is 11.4 Å². The molecule has 0 amide bonds. The molecule has 0 unspecified atom stereocenters. The molecule has 2 N–H and O–H groups in total. The van der Waals surface area contributed by atoms with Gasteiger partial charge in [0.25, 0.3) is 11.4 Å². The Morgan fingerprint density at radius 1 is 0.843 bits per heavy atom. The summed E-state index contributed by atoms with van der Waals surface area (Å²) in [5.74, 6) is 1.37. The second-order valence-electron chi connectivity index (χ2n) is 9.82. The van der Waals surface area contributed by atoms with Crippen molar-refractivity contribution in [3.05, 3.63) is 175 Å². The number of nitro benzene ring substituents is 2. The van der Waals surface area contributed by atoms with Crippen LogP contribution in [0.4, 0.5) is 38.6 Å². The highest BCUT2D eigenvalue weighted by Gasteiger charge is 2.12. The molecule has 0 spiro atoms. The lowest BCUT2D eigenvalue weighted by molar-refractivity contribution is -0.385. The van der Waals surface area contributed by atoms with E-state index < -0.39 is 15.7 Å². The van der Waals surface area contributed by atoms with Crippen LogP contribution in [-0.2, 0) is 11.5 Å². The molecule has 0 saturated heterocycles. The maximum atomic E-state index is 12.7. The molecular formula is C35H27FN7O4PS3. The molecule has 6 aromatic rings. The molecule has 0 radical (unpaired) electrons. The van der Waals surface area contributed by atoms with Crippen LogP contribution in [0.15, 0.2) is 125 Å². The Morgan fingerprint density at radius 3 is 1.92 bits per heavy atom. The number of nitrogen functional groups attached to an aromatic ring is 1. The normalized spacial score (nSPS) is 9.65. The van der Waals surface area contributed by atoms with Crippen molar-refractivity contribution in [1.29, 1.82) is 0 Å². The Bertz CT molecular complexity index is 2200. The summed E-state index contributed by atoms with van der Waals surface area (Å²) in [6.45, 7) is 13.6. The van der Waals surface area contributed by atoms with Crippen LogP contribution in [0.3, 0.4) is 0 Å². The summed E-state index contributed by atoms with van der Waals surface area (Å²) in [6.07, 6.45) is 0. The summed E-state index contributed by atoms with van der Waals surface area (Å²) in [7, 11) is 3.06. The van der Waals surface area contributed by atoms with Gasteiger partial charge in [0.05, 0.1) is 27.7 Å². The Hall–Kier alpha value is -5.70. The lowest BCUT2D eigenvalue weighted by atomic mass is 10.2. The molecule has 1 heterocycles. The highest BCUT2D eigenvalue weighted by molar-refractivity contribution is 7.98. The number of non-ortho nitro benzene ring substituents is 2. The molecule has 0 aliphatic heterocycles. The Balaban J connectivity index is 0.000000192. The molecule has 0 saturated carbocycles. The van der Waals surface area contributed by atoms with Gasteiger partial charge < -0.3 is 5.73 Å². The number of thioether (sulfide) groups is 1. The lowest BCUT2D eigenvalue weighted by Crippen LogP contribution is -1.88. The van der Waals surface area contributed by atoms with E-state index in [4.69, 9.17) is 18.9 Å². The summed E-state index contributed by atoms with van der Waals surface area (Å²) < 4.78 is 21.7. The Kier molecular flexibility index (Phi) is 16.2. The Morgan fingerprint density at radius 2 is 1.41 bits per heavy atom. The number of hydrogen-bond donors (Lipinski definition) is 2. The third-order valence-electron chi connectivity index (χ3n) is 6.38. The van der Waals surface area contributed by atoms with Gasteiger partial charge in [0.15, 0.2) is 5.82 Å². The fraction of sp³-hybridized carbons (Fsp3) is 0.0571. The molecule has 5 aromatic carbocycles. The number of halogens is 1. The molecule has 0 bridgehead atoms. The first-order valence-corrected chi connectivity index (χ1v) is 17.2. The predicted molar refractivity (Wildman–Crippen MR) is 208 cm³/mol. The average molecular weight is 756 g/mol. The number of benzene rings is 5. The van der Waals surface area contributed by atoms with Gasteiger partial charge in [0, 0.05) is 51.7 Å². The minimum Gasteiger partial charge on any atom is -0.399 e. The Labute approximate surface area is 308 Å². The van der Waals surface area contributed by atoms with Crippen LogP contribution in [0.25, 0.3) is 19.8 Å². The zero-order chi connectivity index (χ0) is 37.2. The van der Waals surface area contributed by atoms with Crippen molar-refractivity contribution in [2.24, 2.45) is 4.74 Å². The van der Waals surface area contributed by atoms with Crippen molar-refractivity contribution in [3.63, 3.8) is 0 Å². The van der Waals surface area contributed by atoms with Gasteiger partial charge in [-0.05, 0) is 62.0 Å². The number of aromatic nitrogens is 1. The highest BCUT2D eigenvalue weighted by atomic mass is 32.2. The molecule has 256 valence electrons. The van der Waals surface area contributed by atoms with Crippen molar-refractivity contribution in [2.45, 2.75) is 16.4 Å². The largest absolute Gasteiger partial charge is 0.399 e. The summed E-state index contributed by atoms with van der Waals surface area (Å²) in [6, 6.07) is 32.9. The third-order valence-corrected chi connectivity index (χ3v) is 8.87. The molecular weight excluding hydrogens is 729 g/mol. The average Bonchev–Trinajstić information content (AvgIpc) is 3.57. The standard InChI is InChI=1S/C14H10N2O2S.C7H3FN2O2.C7H6N3PS.C7H8S/c1-15-13-8-7-12(16(17)18)9-14(13)19-10-11-5-3-2-4-6-11;1-9-7-3-2-5(10(11)12)4-6(7)8;8-4-1-2-5-6(3-4)12-10-7(5)9-11;8-6-7-4-2-1-3-5-7/h2-9H,10H2;2-4H;1-3,11H,8H2;1-5,8H,6H2. The first kappa shape index (κ1) is 39.7. The minimum atomic E-state index is -0.862.